The second kappa shape index (κ2) is 5.39. The Morgan fingerprint density at radius 3 is 2.60 bits per heavy atom. The average Bonchev–Trinajstić information content (AvgIpc) is 2.82. The Labute approximate surface area is 120 Å². The molecule has 0 saturated carbocycles. The Kier molecular flexibility index (Phi) is 3.60. The average molecular weight is 267 g/mol. The molecule has 0 heterocycles. The van der Waals surface area contributed by atoms with E-state index in [1.54, 1.807) is 0 Å². The van der Waals surface area contributed by atoms with Crippen LogP contribution in [-0.2, 0) is 6.42 Å². The fourth-order valence-electron chi connectivity index (χ4n) is 2.92. The van der Waals surface area contributed by atoms with E-state index in [0.717, 1.165) is 24.9 Å². The number of fused-ring (bicyclic) bond motifs is 3. The maximum Gasteiger partial charge on any atom is 0.0802 e. The maximum absolute atomic E-state index is 10.3. The van der Waals surface area contributed by atoms with E-state index in [4.69, 9.17) is 0 Å². The number of hydrogen-bond donors (Lipinski definition) is 1. The molecule has 1 aliphatic rings. The molecule has 2 aromatic carbocycles. The van der Waals surface area contributed by atoms with Crippen LogP contribution < -0.4 is 0 Å². The number of rotatable bonds is 4. The molecule has 0 bridgehead atoms. The van der Waals surface area contributed by atoms with E-state index in [-0.39, 0.29) is 6.10 Å². The third-order valence-electron chi connectivity index (χ3n) is 4.05. The van der Waals surface area contributed by atoms with Gasteiger partial charge in [0, 0.05) is 6.54 Å². The number of benzene rings is 2. The van der Waals surface area contributed by atoms with Crippen molar-refractivity contribution < 1.29 is 5.11 Å². The summed E-state index contributed by atoms with van der Waals surface area (Å²) >= 11 is 0. The number of nitrogens with zero attached hydrogens (tertiary/aromatic N) is 1. The van der Waals surface area contributed by atoms with Gasteiger partial charge in [-0.2, -0.15) is 0 Å². The van der Waals surface area contributed by atoms with Crippen LogP contribution in [0, 0.1) is 0 Å². The molecule has 0 fully saturated rings. The van der Waals surface area contributed by atoms with Gasteiger partial charge in [-0.3, -0.25) is 0 Å². The Morgan fingerprint density at radius 2 is 1.80 bits per heavy atom. The van der Waals surface area contributed by atoms with E-state index in [9.17, 15) is 5.11 Å². The highest BCUT2D eigenvalue weighted by Gasteiger charge is 2.19. The van der Waals surface area contributed by atoms with Gasteiger partial charge >= 0.3 is 0 Å². The smallest absolute Gasteiger partial charge is 0.0802 e. The molecular weight excluding hydrogens is 246 g/mol. The summed E-state index contributed by atoms with van der Waals surface area (Å²) in [5.74, 6) is 0. The Hall–Kier alpha value is -1.64. The minimum absolute atomic E-state index is 0.369. The summed E-state index contributed by atoms with van der Waals surface area (Å²) < 4.78 is 0. The lowest BCUT2D eigenvalue weighted by molar-refractivity contribution is 0.154. The molecule has 1 N–H and O–H groups in total. The summed E-state index contributed by atoms with van der Waals surface area (Å²) in [5.41, 5.74) is 6.44. The van der Waals surface area contributed by atoms with Gasteiger partial charge in [0.15, 0.2) is 0 Å². The van der Waals surface area contributed by atoms with Gasteiger partial charge < -0.3 is 10.0 Å². The van der Waals surface area contributed by atoms with Crippen molar-refractivity contribution in [2.24, 2.45) is 0 Å². The van der Waals surface area contributed by atoms with Gasteiger partial charge in [-0.25, -0.2) is 0 Å². The fraction of sp³-hybridized carbons (Fsp3) is 0.333. The van der Waals surface area contributed by atoms with E-state index in [1.807, 2.05) is 14.1 Å². The van der Waals surface area contributed by atoms with Crippen LogP contribution in [-0.4, -0.2) is 30.6 Å². The Balaban J connectivity index is 1.83. The molecule has 0 aromatic heterocycles. The topological polar surface area (TPSA) is 23.5 Å². The molecule has 2 aromatic rings. The Bertz CT molecular complexity index is 619. The minimum atomic E-state index is -0.369. The van der Waals surface area contributed by atoms with E-state index in [0.29, 0.717) is 0 Å². The molecular formula is C18H21NO. The van der Waals surface area contributed by atoms with Gasteiger partial charge in [-0.1, -0.05) is 42.5 Å². The first kappa shape index (κ1) is 13.3. The zero-order valence-corrected chi connectivity index (χ0v) is 12.1. The zero-order valence-electron chi connectivity index (χ0n) is 12.1. The number of hydrogen-bond acceptors (Lipinski definition) is 2. The lowest BCUT2D eigenvalue weighted by Gasteiger charge is -2.15. The standard InChI is InChI=1S/C18H21NO/c1-19(2)10-9-18(20)14-7-8-17-15(12-14)11-13-5-3-4-6-16(13)17/h3-8,12,18,20H,9-11H2,1-2H3. The van der Waals surface area contributed by atoms with Gasteiger partial charge in [-0.05, 0) is 54.8 Å². The molecule has 1 atom stereocenters. The maximum atomic E-state index is 10.3. The highest BCUT2D eigenvalue weighted by Crippen LogP contribution is 2.37. The van der Waals surface area contributed by atoms with Crippen LogP contribution in [0.15, 0.2) is 42.5 Å². The summed E-state index contributed by atoms with van der Waals surface area (Å²) in [6, 6.07) is 15.0. The predicted octanol–water partition coefficient (Wildman–Crippen LogP) is 3.24. The Morgan fingerprint density at radius 1 is 1.05 bits per heavy atom. The molecule has 3 rings (SSSR count). The lowest BCUT2D eigenvalue weighted by atomic mass is 9.99. The second-order valence-electron chi connectivity index (χ2n) is 5.86. The first-order valence-electron chi connectivity index (χ1n) is 7.19. The fourth-order valence-corrected chi connectivity index (χ4v) is 2.92. The summed E-state index contributed by atoms with van der Waals surface area (Å²) in [6.07, 6.45) is 1.39. The van der Waals surface area contributed by atoms with Gasteiger partial charge in [0.25, 0.3) is 0 Å². The molecule has 0 spiro atoms. The minimum Gasteiger partial charge on any atom is -0.388 e. The van der Waals surface area contributed by atoms with Crippen molar-refractivity contribution in [1.29, 1.82) is 0 Å². The van der Waals surface area contributed by atoms with Crippen molar-refractivity contribution in [3.8, 4) is 11.1 Å². The van der Waals surface area contributed by atoms with Crippen LogP contribution in [0.2, 0.25) is 0 Å². The molecule has 0 aliphatic heterocycles. The predicted molar refractivity (Wildman–Crippen MR) is 82.8 cm³/mol. The largest absolute Gasteiger partial charge is 0.388 e. The molecule has 0 radical (unpaired) electrons. The summed E-state index contributed by atoms with van der Waals surface area (Å²) in [4.78, 5) is 2.10. The molecule has 104 valence electrons. The summed E-state index contributed by atoms with van der Waals surface area (Å²) in [6.45, 7) is 0.901. The van der Waals surface area contributed by atoms with Crippen molar-refractivity contribution >= 4 is 0 Å². The van der Waals surface area contributed by atoms with E-state index < -0.39 is 0 Å². The highest BCUT2D eigenvalue weighted by molar-refractivity contribution is 5.76. The van der Waals surface area contributed by atoms with Crippen LogP contribution in [0.3, 0.4) is 0 Å². The molecule has 0 saturated heterocycles. The van der Waals surface area contributed by atoms with Crippen molar-refractivity contribution in [3.05, 3.63) is 59.2 Å². The molecule has 1 unspecified atom stereocenters. The summed E-state index contributed by atoms with van der Waals surface area (Å²) in [7, 11) is 4.07. The lowest BCUT2D eigenvalue weighted by Crippen LogP contribution is -2.15. The van der Waals surface area contributed by atoms with Crippen molar-refractivity contribution in [3.63, 3.8) is 0 Å². The third-order valence-corrected chi connectivity index (χ3v) is 4.05. The third kappa shape index (κ3) is 2.49. The van der Waals surface area contributed by atoms with Gasteiger partial charge in [0.05, 0.1) is 6.10 Å². The normalized spacial score (nSPS) is 14.2. The van der Waals surface area contributed by atoms with E-state index in [1.165, 1.54) is 22.3 Å². The van der Waals surface area contributed by atoms with Crippen molar-refractivity contribution in [1.82, 2.24) is 4.90 Å². The monoisotopic (exact) mass is 267 g/mol. The first-order chi connectivity index (χ1) is 9.65. The molecule has 20 heavy (non-hydrogen) atoms. The van der Waals surface area contributed by atoms with Crippen molar-refractivity contribution in [2.75, 3.05) is 20.6 Å². The number of aliphatic hydroxyl groups is 1. The van der Waals surface area contributed by atoms with Crippen LogP contribution in [0.4, 0.5) is 0 Å². The van der Waals surface area contributed by atoms with Gasteiger partial charge in [0.2, 0.25) is 0 Å². The van der Waals surface area contributed by atoms with Crippen LogP contribution in [0.5, 0.6) is 0 Å². The quantitative estimate of drug-likeness (QED) is 0.784. The summed E-state index contributed by atoms with van der Waals surface area (Å²) in [5, 5.41) is 10.3. The zero-order chi connectivity index (χ0) is 14.1. The van der Waals surface area contributed by atoms with Crippen LogP contribution >= 0.6 is 0 Å². The van der Waals surface area contributed by atoms with E-state index in [2.05, 4.69) is 47.4 Å². The molecule has 2 nitrogen and oxygen atoms in total. The number of aliphatic hydroxyl groups excluding tert-OH is 1. The second-order valence-corrected chi connectivity index (χ2v) is 5.86. The van der Waals surface area contributed by atoms with Crippen molar-refractivity contribution in [2.45, 2.75) is 18.9 Å². The van der Waals surface area contributed by atoms with Gasteiger partial charge in [0.1, 0.15) is 0 Å². The molecule has 1 aliphatic carbocycles. The molecule has 2 heteroatoms. The first-order valence-corrected chi connectivity index (χ1v) is 7.19. The van der Waals surface area contributed by atoms with Gasteiger partial charge in [-0.15, -0.1) is 0 Å². The molecule has 0 amide bonds. The van der Waals surface area contributed by atoms with Crippen LogP contribution in [0.25, 0.3) is 11.1 Å². The van der Waals surface area contributed by atoms with Crippen LogP contribution in [0.1, 0.15) is 29.2 Å². The van der Waals surface area contributed by atoms with E-state index >= 15 is 0 Å². The SMILES string of the molecule is CN(C)CCC(O)c1ccc2c(c1)Cc1ccccc1-2. The highest BCUT2D eigenvalue weighted by atomic mass is 16.3.